The molecule has 7 heteroatoms. The normalized spacial score (nSPS) is 11.3. The van der Waals surface area contributed by atoms with E-state index in [2.05, 4.69) is 38.5 Å². The SMILES string of the molecule is NS(=O)(=O)c1ccc(Oc2cccc(I)c2)c(Br)c1. The molecular formula is C12H9BrINO3S. The topological polar surface area (TPSA) is 69.4 Å². The van der Waals surface area contributed by atoms with Gasteiger partial charge < -0.3 is 4.74 Å². The molecule has 4 nitrogen and oxygen atoms in total. The van der Waals surface area contributed by atoms with Crippen LogP contribution in [0.4, 0.5) is 0 Å². The van der Waals surface area contributed by atoms with Gasteiger partial charge in [0.25, 0.3) is 0 Å². The Morgan fingerprint density at radius 2 is 1.89 bits per heavy atom. The van der Waals surface area contributed by atoms with Gasteiger partial charge in [-0.2, -0.15) is 0 Å². The Bertz CT molecular complexity index is 719. The van der Waals surface area contributed by atoms with Gasteiger partial charge in [-0.15, -0.1) is 0 Å². The quantitative estimate of drug-likeness (QED) is 0.723. The van der Waals surface area contributed by atoms with Crippen LogP contribution in [-0.4, -0.2) is 8.42 Å². The molecule has 0 aliphatic rings. The molecule has 2 N–H and O–H groups in total. The Kier molecular flexibility index (Phi) is 4.49. The van der Waals surface area contributed by atoms with E-state index in [-0.39, 0.29) is 4.90 Å². The summed E-state index contributed by atoms with van der Waals surface area (Å²) in [7, 11) is -3.71. The van der Waals surface area contributed by atoms with Crippen LogP contribution in [0.25, 0.3) is 0 Å². The van der Waals surface area contributed by atoms with Gasteiger partial charge in [0.1, 0.15) is 11.5 Å². The van der Waals surface area contributed by atoms with E-state index >= 15 is 0 Å². The van der Waals surface area contributed by atoms with Crippen LogP contribution >= 0.6 is 38.5 Å². The summed E-state index contributed by atoms with van der Waals surface area (Å²) in [5, 5.41) is 5.06. The minimum atomic E-state index is -3.71. The van der Waals surface area contributed by atoms with Gasteiger partial charge >= 0.3 is 0 Å². The van der Waals surface area contributed by atoms with Crippen LogP contribution in [0, 0.1) is 3.57 Å². The van der Waals surface area contributed by atoms with E-state index in [4.69, 9.17) is 9.88 Å². The first-order chi connectivity index (χ1) is 8.86. The van der Waals surface area contributed by atoms with E-state index in [0.29, 0.717) is 16.0 Å². The predicted molar refractivity (Wildman–Crippen MR) is 84.7 cm³/mol. The number of ether oxygens (including phenoxy) is 1. The van der Waals surface area contributed by atoms with E-state index in [1.165, 1.54) is 12.1 Å². The van der Waals surface area contributed by atoms with Crippen molar-refractivity contribution in [2.24, 2.45) is 5.14 Å². The number of benzene rings is 2. The van der Waals surface area contributed by atoms with Crippen molar-refractivity contribution < 1.29 is 13.2 Å². The van der Waals surface area contributed by atoms with Crippen molar-refractivity contribution in [3.63, 3.8) is 0 Å². The van der Waals surface area contributed by atoms with Gasteiger partial charge in [0.2, 0.25) is 10.0 Å². The van der Waals surface area contributed by atoms with E-state index in [9.17, 15) is 8.42 Å². The first-order valence-corrected chi connectivity index (χ1v) is 8.54. The predicted octanol–water partition coefficient (Wildman–Crippen LogP) is 3.49. The smallest absolute Gasteiger partial charge is 0.238 e. The molecule has 0 radical (unpaired) electrons. The van der Waals surface area contributed by atoms with Crippen LogP contribution in [0.5, 0.6) is 11.5 Å². The monoisotopic (exact) mass is 453 g/mol. The van der Waals surface area contributed by atoms with Gasteiger partial charge in [-0.05, 0) is 74.9 Å². The highest BCUT2D eigenvalue weighted by atomic mass is 127. The number of halogens is 2. The minimum absolute atomic E-state index is 0.0365. The van der Waals surface area contributed by atoms with E-state index in [1.807, 2.05) is 24.3 Å². The molecule has 0 aliphatic heterocycles. The van der Waals surface area contributed by atoms with Crippen LogP contribution in [0.2, 0.25) is 0 Å². The largest absolute Gasteiger partial charge is 0.456 e. The number of rotatable bonds is 3. The molecule has 2 aromatic rings. The van der Waals surface area contributed by atoms with Gasteiger partial charge in [0, 0.05) is 3.57 Å². The highest BCUT2D eigenvalue weighted by molar-refractivity contribution is 14.1. The lowest BCUT2D eigenvalue weighted by Gasteiger charge is -2.09. The fraction of sp³-hybridized carbons (Fsp3) is 0. The third kappa shape index (κ3) is 3.91. The number of nitrogens with two attached hydrogens (primary N) is 1. The Balaban J connectivity index is 2.32. The maximum absolute atomic E-state index is 11.2. The molecular weight excluding hydrogens is 445 g/mol. The van der Waals surface area contributed by atoms with Crippen LogP contribution in [-0.2, 0) is 10.0 Å². The molecule has 0 unspecified atom stereocenters. The van der Waals surface area contributed by atoms with Gasteiger partial charge in [0.05, 0.1) is 9.37 Å². The van der Waals surface area contributed by atoms with E-state index in [1.54, 1.807) is 6.07 Å². The molecule has 0 aliphatic carbocycles. The Morgan fingerprint density at radius 3 is 2.47 bits per heavy atom. The molecule has 0 atom stereocenters. The number of hydrogen-bond donors (Lipinski definition) is 1. The third-order valence-corrected chi connectivity index (χ3v) is 4.46. The van der Waals surface area contributed by atoms with Crippen molar-refractivity contribution in [3.8, 4) is 11.5 Å². The molecule has 19 heavy (non-hydrogen) atoms. The second kappa shape index (κ2) is 5.78. The molecule has 0 saturated carbocycles. The zero-order valence-electron chi connectivity index (χ0n) is 9.51. The summed E-state index contributed by atoms with van der Waals surface area (Å²) in [5.74, 6) is 1.20. The summed E-state index contributed by atoms with van der Waals surface area (Å²) in [6.45, 7) is 0. The van der Waals surface area contributed by atoms with Crippen LogP contribution in [0.15, 0.2) is 51.8 Å². The summed E-state index contributed by atoms with van der Waals surface area (Å²) < 4.78 is 29.7. The van der Waals surface area contributed by atoms with Gasteiger partial charge in [-0.3, -0.25) is 0 Å². The Hall–Kier alpha value is -0.640. The van der Waals surface area contributed by atoms with Gasteiger partial charge in [0.15, 0.2) is 0 Å². The molecule has 0 aromatic heterocycles. The Labute approximate surface area is 133 Å². The minimum Gasteiger partial charge on any atom is -0.456 e. The average Bonchev–Trinajstić information content (AvgIpc) is 2.30. The summed E-state index contributed by atoms with van der Waals surface area (Å²) in [6, 6.07) is 11.9. The zero-order chi connectivity index (χ0) is 14.0. The van der Waals surface area contributed by atoms with Crippen LogP contribution in [0.3, 0.4) is 0 Å². The Morgan fingerprint density at radius 1 is 1.16 bits per heavy atom. The molecule has 2 aromatic carbocycles. The van der Waals surface area contributed by atoms with Gasteiger partial charge in [-0.25, -0.2) is 13.6 Å². The van der Waals surface area contributed by atoms with E-state index < -0.39 is 10.0 Å². The molecule has 100 valence electrons. The molecule has 0 fully saturated rings. The summed E-state index contributed by atoms with van der Waals surface area (Å²) in [4.78, 5) is 0.0365. The lowest BCUT2D eigenvalue weighted by Crippen LogP contribution is -2.11. The third-order valence-electron chi connectivity index (χ3n) is 2.26. The van der Waals surface area contributed by atoms with Crippen molar-refractivity contribution in [2.75, 3.05) is 0 Å². The number of hydrogen-bond acceptors (Lipinski definition) is 3. The lowest BCUT2D eigenvalue weighted by molar-refractivity contribution is 0.478. The first kappa shape index (κ1) is 14.8. The van der Waals surface area contributed by atoms with Crippen LogP contribution < -0.4 is 9.88 Å². The zero-order valence-corrected chi connectivity index (χ0v) is 14.1. The molecule has 0 spiro atoms. The molecule has 0 amide bonds. The molecule has 0 heterocycles. The highest BCUT2D eigenvalue weighted by Crippen LogP contribution is 2.31. The standard InChI is InChI=1S/C12H9BrINO3S/c13-11-7-10(19(15,16)17)4-5-12(11)18-9-3-1-2-8(14)6-9/h1-7H,(H2,15,16,17). The average molecular weight is 454 g/mol. The fourth-order valence-electron chi connectivity index (χ4n) is 1.40. The second-order valence-corrected chi connectivity index (χ2v) is 7.36. The van der Waals surface area contributed by atoms with Crippen molar-refractivity contribution in [2.45, 2.75) is 4.90 Å². The van der Waals surface area contributed by atoms with Crippen LogP contribution in [0.1, 0.15) is 0 Å². The molecule has 0 bridgehead atoms. The molecule has 0 saturated heterocycles. The van der Waals surface area contributed by atoms with Crippen molar-refractivity contribution in [3.05, 3.63) is 50.5 Å². The maximum Gasteiger partial charge on any atom is 0.238 e. The summed E-state index contributed by atoms with van der Waals surface area (Å²) in [5.41, 5.74) is 0. The number of sulfonamides is 1. The number of primary sulfonamides is 1. The summed E-state index contributed by atoms with van der Waals surface area (Å²) >= 11 is 5.45. The lowest BCUT2D eigenvalue weighted by atomic mass is 10.3. The highest BCUT2D eigenvalue weighted by Gasteiger charge is 2.11. The second-order valence-electron chi connectivity index (χ2n) is 3.70. The fourth-order valence-corrected chi connectivity index (χ4v) is 3.06. The van der Waals surface area contributed by atoms with Crippen molar-refractivity contribution in [1.29, 1.82) is 0 Å². The van der Waals surface area contributed by atoms with Crippen molar-refractivity contribution in [1.82, 2.24) is 0 Å². The van der Waals surface area contributed by atoms with Gasteiger partial charge in [-0.1, -0.05) is 6.07 Å². The maximum atomic E-state index is 11.2. The van der Waals surface area contributed by atoms with Crippen molar-refractivity contribution >= 4 is 48.5 Å². The summed E-state index contributed by atoms with van der Waals surface area (Å²) in [6.07, 6.45) is 0. The molecule has 2 rings (SSSR count). The van der Waals surface area contributed by atoms with E-state index in [0.717, 1.165) is 3.57 Å². The first-order valence-electron chi connectivity index (χ1n) is 5.12.